The van der Waals surface area contributed by atoms with Gasteiger partial charge >= 0.3 is 0 Å². The molecule has 0 spiro atoms. The Balaban J connectivity index is 1.94. The van der Waals surface area contributed by atoms with E-state index in [2.05, 4.69) is 17.2 Å². The first kappa shape index (κ1) is 13.5. The normalized spacial score (nSPS) is 16.8. The van der Waals surface area contributed by atoms with E-state index < -0.39 is 0 Å². The first-order valence-electron chi connectivity index (χ1n) is 6.03. The maximum absolute atomic E-state index is 5.33. The van der Waals surface area contributed by atoms with E-state index in [1.54, 1.807) is 6.08 Å². The maximum Gasteiger partial charge on any atom is 0.166 e. The van der Waals surface area contributed by atoms with Crippen LogP contribution in [0.3, 0.4) is 0 Å². The van der Waals surface area contributed by atoms with Crippen molar-refractivity contribution in [2.45, 2.75) is 25.7 Å². The molecule has 0 aromatic rings. The number of hydrogen-bond donors (Lipinski definition) is 2. The van der Waals surface area contributed by atoms with Crippen molar-refractivity contribution in [2.75, 3.05) is 26.3 Å². The van der Waals surface area contributed by atoms with Gasteiger partial charge in [0, 0.05) is 26.3 Å². The van der Waals surface area contributed by atoms with Gasteiger partial charge in [0.2, 0.25) is 0 Å². The van der Waals surface area contributed by atoms with E-state index in [0.29, 0.717) is 0 Å². The van der Waals surface area contributed by atoms with Crippen LogP contribution in [0.5, 0.6) is 0 Å². The summed E-state index contributed by atoms with van der Waals surface area (Å²) in [7, 11) is 0. The summed E-state index contributed by atoms with van der Waals surface area (Å²) >= 11 is 5.10. The number of rotatable bonds is 6. The molecule has 0 unspecified atom stereocenters. The van der Waals surface area contributed by atoms with E-state index >= 15 is 0 Å². The van der Waals surface area contributed by atoms with E-state index in [4.69, 9.17) is 17.0 Å². The lowest BCUT2D eigenvalue weighted by Crippen LogP contribution is -2.35. The van der Waals surface area contributed by atoms with Crippen molar-refractivity contribution in [3.05, 3.63) is 12.7 Å². The largest absolute Gasteiger partial charge is 0.381 e. The van der Waals surface area contributed by atoms with Gasteiger partial charge in [-0.05, 0) is 43.8 Å². The first-order chi connectivity index (χ1) is 7.83. The summed E-state index contributed by atoms with van der Waals surface area (Å²) in [6, 6.07) is 0. The van der Waals surface area contributed by atoms with E-state index in [0.717, 1.165) is 37.3 Å². The third-order valence-electron chi connectivity index (χ3n) is 2.82. The van der Waals surface area contributed by atoms with Gasteiger partial charge in [-0.2, -0.15) is 0 Å². The zero-order valence-corrected chi connectivity index (χ0v) is 10.7. The highest BCUT2D eigenvalue weighted by molar-refractivity contribution is 7.80. The molecule has 0 saturated carbocycles. The maximum atomic E-state index is 5.33. The van der Waals surface area contributed by atoms with Crippen LogP contribution in [0.15, 0.2) is 12.7 Å². The molecule has 0 atom stereocenters. The average Bonchev–Trinajstić information content (AvgIpc) is 2.33. The summed E-state index contributed by atoms with van der Waals surface area (Å²) in [5.41, 5.74) is 0. The summed E-state index contributed by atoms with van der Waals surface area (Å²) in [6.45, 7) is 7.20. The molecule has 1 fully saturated rings. The Kier molecular flexibility index (Phi) is 7.17. The zero-order valence-electron chi connectivity index (χ0n) is 9.84. The quantitative estimate of drug-likeness (QED) is 0.423. The fourth-order valence-corrected chi connectivity index (χ4v) is 2.04. The van der Waals surface area contributed by atoms with Crippen molar-refractivity contribution in [1.29, 1.82) is 0 Å². The third-order valence-corrected chi connectivity index (χ3v) is 3.11. The molecule has 0 radical (unpaired) electrons. The minimum absolute atomic E-state index is 0.728. The Labute approximate surface area is 104 Å². The third kappa shape index (κ3) is 6.08. The lowest BCUT2D eigenvalue weighted by atomic mass is 9.95. The highest BCUT2D eigenvalue weighted by Gasteiger charge is 2.12. The molecule has 0 aromatic heterocycles. The van der Waals surface area contributed by atoms with Crippen LogP contribution in [0.1, 0.15) is 25.7 Å². The van der Waals surface area contributed by atoms with Gasteiger partial charge in [0.25, 0.3) is 0 Å². The summed E-state index contributed by atoms with van der Waals surface area (Å²) in [5, 5.41) is 6.98. The van der Waals surface area contributed by atoms with Crippen LogP contribution in [0.25, 0.3) is 0 Å². The molecule has 2 N–H and O–H groups in total. The van der Waals surface area contributed by atoms with Crippen LogP contribution >= 0.6 is 12.2 Å². The van der Waals surface area contributed by atoms with Gasteiger partial charge in [0.05, 0.1) is 0 Å². The minimum Gasteiger partial charge on any atom is -0.381 e. The van der Waals surface area contributed by atoms with Crippen molar-refractivity contribution in [3.8, 4) is 0 Å². The molecule has 1 aliphatic rings. The minimum atomic E-state index is 0.728. The Bertz CT molecular complexity index is 215. The molecule has 3 nitrogen and oxygen atoms in total. The average molecular weight is 242 g/mol. The van der Waals surface area contributed by atoms with E-state index in [1.165, 1.54) is 25.7 Å². The van der Waals surface area contributed by atoms with Crippen LogP contribution in [0.4, 0.5) is 0 Å². The van der Waals surface area contributed by atoms with Crippen molar-refractivity contribution in [1.82, 2.24) is 10.6 Å². The number of ether oxygens (including phenoxy) is 1. The Morgan fingerprint density at radius 2 is 2.12 bits per heavy atom. The second kappa shape index (κ2) is 8.53. The van der Waals surface area contributed by atoms with Gasteiger partial charge in [0.1, 0.15) is 0 Å². The molecule has 1 saturated heterocycles. The predicted molar refractivity (Wildman–Crippen MR) is 71.6 cm³/mol. The molecule has 0 amide bonds. The monoisotopic (exact) mass is 242 g/mol. The molecular weight excluding hydrogens is 220 g/mol. The van der Waals surface area contributed by atoms with Crippen molar-refractivity contribution in [2.24, 2.45) is 5.92 Å². The van der Waals surface area contributed by atoms with Crippen LogP contribution in [0, 0.1) is 5.92 Å². The summed E-state index contributed by atoms with van der Waals surface area (Å²) in [4.78, 5) is 0. The topological polar surface area (TPSA) is 33.3 Å². The van der Waals surface area contributed by atoms with Crippen LogP contribution < -0.4 is 10.6 Å². The molecular formula is C12H22N2OS. The lowest BCUT2D eigenvalue weighted by molar-refractivity contribution is 0.0634. The van der Waals surface area contributed by atoms with Gasteiger partial charge in [-0.25, -0.2) is 0 Å². The Hall–Kier alpha value is -0.610. The van der Waals surface area contributed by atoms with E-state index in [9.17, 15) is 0 Å². The molecule has 1 rings (SSSR count). The Morgan fingerprint density at radius 1 is 1.38 bits per heavy atom. The van der Waals surface area contributed by atoms with Gasteiger partial charge in [-0.1, -0.05) is 6.08 Å². The fraction of sp³-hybridized carbons (Fsp3) is 0.750. The molecule has 0 bridgehead atoms. The molecule has 0 aliphatic carbocycles. The number of nitrogens with one attached hydrogen (secondary N) is 2. The smallest absolute Gasteiger partial charge is 0.166 e. The van der Waals surface area contributed by atoms with E-state index in [-0.39, 0.29) is 0 Å². The van der Waals surface area contributed by atoms with Crippen molar-refractivity contribution in [3.63, 3.8) is 0 Å². The highest BCUT2D eigenvalue weighted by Crippen LogP contribution is 2.19. The first-order valence-corrected chi connectivity index (χ1v) is 6.44. The van der Waals surface area contributed by atoms with Gasteiger partial charge in [-0.3, -0.25) is 0 Å². The lowest BCUT2D eigenvalue weighted by Gasteiger charge is -2.21. The summed E-state index contributed by atoms with van der Waals surface area (Å²) < 4.78 is 5.33. The fourth-order valence-electron chi connectivity index (χ4n) is 1.86. The van der Waals surface area contributed by atoms with Crippen molar-refractivity contribution < 1.29 is 4.74 Å². The van der Waals surface area contributed by atoms with Crippen molar-refractivity contribution >= 4 is 17.3 Å². The predicted octanol–water partition coefficient (Wildman–Crippen LogP) is 1.84. The second-order valence-electron chi connectivity index (χ2n) is 4.12. The number of thiocarbonyl (C=S) groups is 1. The standard InChI is InChI=1S/C12H22N2OS/c1-2-7-13-12(16)14-8-3-4-11-5-9-15-10-6-11/h2,11H,1,3-10H2,(H2,13,14,16). The molecule has 1 heterocycles. The van der Waals surface area contributed by atoms with Crippen LogP contribution in [-0.2, 0) is 4.74 Å². The summed E-state index contributed by atoms with van der Waals surface area (Å²) in [6.07, 6.45) is 6.70. The molecule has 4 heteroatoms. The molecule has 16 heavy (non-hydrogen) atoms. The number of hydrogen-bond acceptors (Lipinski definition) is 2. The second-order valence-corrected chi connectivity index (χ2v) is 4.53. The molecule has 1 aliphatic heterocycles. The van der Waals surface area contributed by atoms with Crippen LogP contribution in [0.2, 0.25) is 0 Å². The Morgan fingerprint density at radius 3 is 2.81 bits per heavy atom. The van der Waals surface area contributed by atoms with Crippen LogP contribution in [-0.4, -0.2) is 31.4 Å². The SMILES string of the molecule is C=CCNC(=S)NCCCC1CCOCC1. The van der Waals surface area contributed by atoms with Gasteiger partial charge in [0.15, 0.2) is 5.11 Å². The molecule has 92 valence electrons. The van der Waals surface area contributed by atoms with Gasteiger partial charge < -0.3 is 15.4 Å². The van der Waals surface area contributed by atoms with E-state index in [1.807, 2.05) is 0 Å². The highest BCUT2D eigenvalue weighted by atomic mass is 32.1. The van der Waals surface area contributed by atoms with Gasteiger partial charge in [-0.15, -0.1) is 6.58 Å². The summed E-state index contributed by atoms with van der Waals surface area (Å²) in [5.74, 6) is 0.852. The zero-order chi connectivity index (χ0) is 11.6. The molecule has 0 aromatic carbocycles.